The van der Waals surface area contributed by atoms with Crippen LogP contribution >= 0.6 is 0 Å². The van der Waals surface area contributed by atoms with Crippen molar-refractivity contribution in [3.63, 3.8) is 0 Å². The minimum Gasteiger partial charge on any atom is -0.311 e. The zero-order valence-corrected chi connectivity index (χ0v) is 13.6. The maximum absolute atomic E-state index is 3.82. The quantitative estimate of drug-likeness (QED) is 0.854. The summed E-state index contributed by atoms with van der Waals surface area (Å²) in [4.78, 5) is 2.75. The third-order valence-corrected chi connectivity index (χ3v) is 5.05. The van der Waals surface area contributed by atoms with E-state index in [1.165, 1.54) is 44.3 Å². The van der Waals surface area contributed by atoms with Crippen LogP contribution in [0.2, 0.25) is 0 Å². The molecule has 2 unspecified atom stereocenters. The zero-order valence-electron chi connectivity index (χ0n) is 13.6. The predicted octanol–water partition coefficient (Wildman–Crippen LogP) is 3.85. The molecule has 1 saturated carbocycles. The molecule has 1 aliphatic carbocycles. The second kappa shape index (κ2) is 6.93. The summed E-state index contributed by atoms with van der Waals surface area (Å²) in [5, 5.41) is 3.82. The van der Waals surface area contributed by atoms with Crippen LogP contribution in [-0.2, 0) is 0 Å². The Kier molecular flexibility index (Phi) is 4.97. The number of piperazine rings is 1. The van der Waals surface area contributed by atoms with Crippen molar-refractivity contribution in [1.29, 1.82) is 0 Å². The predicted molar refractivity (Wildman–Crippen MR) is 89.3 cm³/mol. The largest absolute Gasteiger partial charge is 0.311 e. The second-order valence-corrected chi connectivity index (χ2v) is 7.31. The van der Waals surface area contributed by atoms with Gasteiger partial charge in [0.1, 0.15) is 0 Å². The molecule has 0 amide bonds. The van der Waals surface area contributed by atoms with E-state index in [1.54, 1.807) is 0 Å². The van der Waals surface area contributed by atoms with Gasteiger partial charge < -0.3 is 5.32 Å². The molecule has 2 heteroatoms. The van der Waals surface area contributed by atoms with Crippen molar-refractivity contribution in [3.8, 4) is 0 Å². The van der Waals surface area contributed by atoms with E-state index in [2.05, 4.69) is 54.4 Å². The van der Waals surface area contributed by atoms with Crippen molar-refractivity contribution in [2.24, 2.45) is 11.8 Å². The molecule has 2 atom stereocenters. The summed E-state index contributed by atoms with van der Waals surface area (Å²) in [6.45, 7) is 8.27. The first-order valence-electron chi connectivity index (χ1n) is 8.76. The van der Waals surface area contributed by atoms with E-state index >= 15 is 0 Å². The molecule has 116 valence electrons. The van der Waals surface area contributed by atoms with E-state index < -0.39 is 0 Å². The second-order valence-electron chi connectivity index (χ2n) is 7.31. The molecule has 1 heterocycles. The van der Waals surface area contributed by atoms with Gasteiger partial charge in [-0.15, -0.1) is 0 Å². The summed E-state index contributed by atoms with van der Waals surface area (Å²) in [5.74, 6) is 1.77. The van der Waals surface area contributed by atoms with Crippen molar-refractivity contribution in [2.45, 2.75) is 51.6 Å². The molecule has 1 aromatic rings. The van der Waals surface area contributed by atoms with Gasteiger partial charge >= 0.3 is 0 Å². The maximum Gasteiger partial charge on any atom is 0.0473 e. The Morgan fingerprint density at radius 2 is 1.95 bits per heavy atom. The molecule has 1 aliphatic heterocycles. The Hall–Kier alpha value is -0.860. The Bertz CT molecular complexity index is 424. The lowest BCUT2D eigenvalue weighted by atomic mass is 9.98. The van der Waals surface area contributed by atoms with Gasteiger partial charge in [-0.1, -0.05) is 44.2 Å². The highest BCUT2D eigenvalue weighted by Gasteiger charge is 2.37. The SMILES string of the molecule is CC(C)CCCN1CC(C2CC2)NCC1c1ccccc1. The average Bonchev–Trinajstić information content (AvgIpc) is 3.32. The lowest BCUT2D eigenvalue weighted by molar-refractivity contribution is 0.119. The number of hydrogen-bond acceptors (Lipinski definition) is 2. The van der Waals surface area contributed by atoms with Gasteiger partial charge in [0, 0.05) is 25.2 Å². The van der Waals surface area contributed by atoms with Crippen LogP contribution in [-0.4, -0.2) is 30.6 Å². The van der Waals surface area contributed by atoms with Crippen LogP contribution in [0.15, 0.2) is 30.3 Å². The fourth-order valence-corrected chi connectivity index (χ4v) is 3.60. The van der Waals surface area contributed by atoms with Gasteiger partial charge in [0.2, 0.25) is 0 Å². The van der Waals surface area contributed by atoms with Gasteiger partial charge in [-0.3, -0.25) is 4.90 Å². The monoisotopic (exact) mass is 286 g/mol. The van der Waals surface area contributed by atoms with Gasteiger partial charge in [0.15, 0.2) is 0 Å². The summed E-state index contributed by atoms with van der Waals surface area (Å²) in [5.41, 5.74) is 1.48. The average molecular weight is 286 g/mol. The highest BCUT2D eigenvalue weighted by Crippen LogP contribution is 2.36. The molecule has 0 aromatic heterocycles. The summed E-state index contributed by atoms with van der Waals surface area (Å²) < 4.78 is 0. The van der Waals surface area contributed by atoms with Crippen LogP contribution in [0.3, 0.4) is 0 Å². The van der Waals surface area contributed by atoms with E-state index in [1.807, 2.05) is 0 Å². The van der Waals surface area contributed by atoms with Crippen LogP contribution in [0, 0.1) is 11.8 Å². The van der Waals surface area contributed by atoms with Crippen LogP contribution in [0.25, 0.3) is 0 Å². The van der Waals surface area contributed by atoms with Gasteiger partial charge in [-0.2, -0.15) is 0 Å². The van der Waals surface area contributed by atoms with Crippen LogP contribution < -0.4 is 5.32 Å². The first-order valence-corrected chi connectivity index (χ1v) is 8.76. The minimum absolute atomic E-state index is 0.563. The van der Waals surface area contributed by atoms with Gasteiger partial charge in [0.25, 0.3) is 0 Å². The Labute approximate surface area is 129 Å². The smallest absolute Gasteiger partial charge is 0.0473 e. The van der Waals surface area contributed by atoms with Crippen molar-refractivity contribution in [2.75, 3.05) is 19.6 Å². The highest BCUT2D eigenvalue weighted by atomic mass is 15.2. The van der Waals surface area contributed by atoms with E-state index in [-0.39, 0.29) is 0 Å². The molecule has 1 saturated heterocycles. The van der Waals surface area contributed by atoms with Gasteiger partial charge in [-0.05, 0) is 49.6 Å². The first kappa shape index (κ1) is 15.1. The normalized spacial score (nSPS) is 27.2. The number of hydrogen-bond donors (Lipinski definition) is 1. The van der Waals surface area contributed by atoms with Gasteiger partial charge in [0.05, 0.1) is 0 Å². The summed E-state index contributed by atoms with van der Waals surface area (Å²) >= 11 is 0. The Morgan fingerprint density at radius 1 is 1.19 bits per heavy atom. The number of nitrogens with one attached hydrogen (secondary N) is 1. The number of benzene rings is 1. The Balaban J connectivity index is 1.64. The lowest BCUT2D eigenvalue weighted by Crippen LogP contribution is -2.53. The van der Waals surface area contributed by atoms with Crippen LogP contribution in [0.1, 0.15) is 51.1 Å². The fraction of sp³-hybridized carbons (Fsp3) is 0.684. The summed E-state index contributed by atoms with van der Waals surface area (Å²) in [6, 6.07) is 12.4. The first-order chi connectivity index (χ1) is 10.2. The molecule has 2 nitrogen and oxygen atoms in total. The molecule has 3 rings (SSSR count). The summed E-state index contributed by atoms with van der Waals surface area (Å²) in [6.07, 6.45) is 5.55. The lowest BCUT2D eigenvalue weighted by Gasteiger charge is -2.41. The molecule has 0 radical (unpaired) electrons. The molecular weight excluding hydrogens is 256 g/mol. The molecule has 1 aromatic carbocycles. The molecular formula is C19H30N2. The van der Waals surface area contributed by atoms with E-state index in [4.69, 9.17) is 0 Å². The third kappa shape index (κ3) is 4.08. The van der Waals surface area contributed by atoms with Crippen molar-refractivity contribution in [1.82, 2.24) is 10.2 Å². The van der Waals surface area contributed by atoms with Crippen molar-refractivity contribution in [3.05, 3.63) is 35.9 Å². The molecule has 2 aliphatic rings. The fourth-order valence-electron chi connectivity index (χ4n) is 3.60. The minimum atomic E-state index is 0.563. The van der Waals surface area contributed by atoms with E-state index in [0.29, 0.717) is 6.04 Å². The van der Waals surface area contributed by atoms with Crippen LogP contribution in [0.4, 0.5) is 0 Å². The van der Waals surface area contributed by atoms with E-state index in [9.17, 15) is 0 Å². The molecule has 0 spiro atoms. The maximum atomic E-state index is 3.82. The zero-order chi connectivity index (χ0) is 14.7. The van der Waals surface area contributed by atoms with Crippen LogP contribution in [0.5, 0.6) is 0 Å². The molecule has 0 bridgehead atoms. The van der Waals surface area contributed by atoms with E-state index in [0.717, 1.165) is 24.4 Å². The molecule has 21 heavy (non-hydrogen) atoms. The summed E-state index contributed by atoms with van der Waals surface area (Å²) in [7, 11) is 0. The molecule has 2 fully saturated rings. The highest BCUT2D eigenvalue weighted by molar-refractivity contribution is 5.20. The van der Waals surface area contributed by atoms with Crippen molar-refractivity contribution >= 4 is 0 Å². The van der Waals surface area contributed by atoms with Crippen molar-refractivity contribution < 1.29 is 0 Å². The Morgan fingerprint density at radius 3 is 2.62 bits per heavy atom. The molecule has 1 N–H and O–H groups in total. The number of rotatable bonds is 6. The van der Waals surface area contributed by atoms with Gasteiger partial charge in [-0.25, -0.2) is 0 Å². The number of nitrogens with zero attached hydrogens (tertiary/aromatic N) is 1. The third-order valence-electron chi connectivity index (χ3n) is 5.05. The standard InChI is InChI=1S/C19H30N2/c1-15(2)7-6-12-21-14-18(16-10-11-16)20-13-19(21)17-8-4-3-5-9-17/h3-5,8-9,15-16,18-20H,6-7,10-14H2,1-2H3. The topological polar surface area (TPSA) is 15.3 Å².